The Hall–Kier alpha value is -2.01. The summed E-state index contributed by atoms with van der Waals surface area (Å²) in [5, 5.41) is 9.93. The first-order valence-corrected chi connectivity index (χ1v) is 9.15. The van der Waals surface area contributed by atoms with Crippen molar-refractivity contribution in [1.29, 1.82) is 0 Å². The molecule has 10 heteroatoms. The van der Waals surface area contributed by atoms with Crippen LogP contribution in [0.1, 0.15) is 19.4 Å². The number of esters is 2. The fourth-order valence-electron chi connectivity index (χ4n) is 2.38. The molecule has 1 heterocycles. The summed E-state index contributed by atoms with van der Waals surface area (Å²) in [5.41, 5.74) is 0.856. The molecule has 1 N–H and O–H groups in total. The lowest BCUT2D eigenvalue weighted by Gasteiger charge is -2.22. The van der Waals surface area contributed by atoms with Crippen LogP contribution < -0.4 is 0 Å². The number of ether oxygens (including phenoxy) is 3. The minimum Gasteiger partial charge on any atom is -0.463 e. The molecule has 0 saturated carbocycles. The second-order valence-corrected chi connectivity index (χ2v) is 7.34. The van der Waals surface area contributed by atoms with Gasteiger partial charge in [0.05, 0.1) is 4.90 Å². The molecule has 26 heavy (non-hydrogen) atoms. The molecule has 1 saturated heterocycles. The van der Waals surface area contributed by atoms with E-state index in [2.05, 4.69) is 0 Å². The van der Waals surface area contributed by atoms with Crippen molar-refractivity contribution in [1.82, 2.24) is 0 Å². The summed E-state index contributed by atoms with van der Waals surface area (Å²) in [7, 11) is -4.25. The van der Waals surface area contributed by atoms with Crippen LogP contribution in [-0.4, -0.2) is 56.7 Å². The molecule has 0 bridgehead atoms. The third-order valence-electron chi connectivity index (χ3n) is 3.59. The normalized spacial score (nSPS) is 25.7. The zero-order valence-corrected chi connectivity index (χ0v) is 15.3. The van der Waals surface area contributed by atoms with Crippen molar-refractivity contribution in [2.24, 2.45) is 0 Å². The van der Waals surface area contributed by atoms with Gasteiger partial charge in [0.25, 0.3) is 10.1 Å². The van der Waals surface area contributed by atoms with E-state index in [-0.39, 0.29) is 11.5 Å². The fourth-order valence-corrected chi connectivity index (χ4v) is 3.49. The molecule has 0 radical (unpaired) electrons. The number of hydrogen-bond donors (Lipinski definition) is 1. The van der Waals surface area contributed by atoms with Gasteiger partial charge < -0.3 is 19.3 Å². The van der Waals surface area contributed by atoms with Crippen molar-refractivity contribution >= 4 is 22.1 Å². The molecule has 144 valence electrons. The van der Waals surface area contributed by atoms with Crippen LogP contribution in [-0.2, 0) is 38.1 Å². The largest absolute Gasteiger partial charge is 0.463 e. The Balaban J connectivity index is 2.26. The van der Waals surface area contributed by atoms with Crippen molar-refractivity contribution in [3.05, 3.63) is 29.8 Å². The van der Waals surface area contributed by atoms with E-state index in [9.17, 15) is 23.1 Å². The molecule has 9 nitrogen and oxygen atoms in total. The zero-order valence-electron chi connectivity index (χ0n) is 14.4. The maximum absolute atomic E-state index is 12.5. The van der Waals surface area contributed by atoms with Gasteiger partial charge in [-0.25, -0.2) is 0 Å². The van der Waals surface area contributed by atoms with Gasteiger partial charge in [-0.2, -0.15) is 8.42 Å². The van der Waals surface area contributed by atoms with Gasteiger partial charge in [0.2, 0.25) is 0 Å². The summed E-state index contributed by atoms with van der Waals surface area (Å²) in [6.07, 6.45) is -5.55. The number of rotatable bonds is 6. The van der Waals surface area contributed by atoms with Crippen LogP contribution in [0.15, 0.2) is 29.2 Å². The number of carbonyl (C=O) groups is 2. The molecule has 0 aromatic heterocycles. The Morgan fingerprint density at radius 2 is 1.73 bits per heavy atom. The van der Waals surface area contributed by atoms with E-state index < -0.39 is 46.7 Å². The number of benzene rings is 1. The maximum atomic E-state index is 12.5. The molecule has 4 atom stereocenters. The Morgan fingerprint density at radius 3 is 2.27 bits per heavy atom. The molecule has 0 amide bonds. The highest BCUT2D eigenvalue weighted by molar-refractivity contribution is 7.86. The maximum Gasteiger partial charge on any atom is 0.303 e. The van der Waals surface area contributed by atoms with Gasteiger partial charge in [-0.3, -0.25) is 13.8 Å². The Bertz CT molecular complexity index is 756. The van der Waals surface area contributed by atoms with E-state index in [1.165, 1.54) is 12.1 Å². The Labute approximate surface area is 150 Å². The molecule has 1 fully saturated rings. The van der Waals surface area contributed by atoms with Gasteiger partial charge in [0.1, 0.15) is 18.8 Å². The van der Waals surface area contributed by atoms with E-state index in [0.717, 1.165) is 19.4 Å². The lowest BCUT2D eigenvalue weighted by molar-refractivity contribution is -0.171. The standard InChI is InChI=1S/C16H20O9S/c1-9-4-6-12(7-5-9)26(20,21)25-14-13(8-22-10(2)17)24-16(19)15(14)23-11(3)18/h4-7,13-16,19H,8H2,1-3H3. The third kappa shape index (κ3) is 5.01. The van der Waals surface area contributed by atoms with Crippen LogP contribution in [0.3, 0.4) is 0 Å². The lowest BCUT2D eigenvalue weighted by atomic mass is 10.1. The van der Waals surface area contributed by atoms with E-state index in [1.54, 1.807) is 19.1 Å². The molecule has 4 unspecified atom stereocenters. The predicted molar refractivity (Wildman–Crippen MR) is 86.3 cm³/mol. The fraction of sp³-hybridized carbons (Fsp3) is 0.500. The lowest BCUT2D eigenvalue weighted by Crippen LogP contribution is -2.41. The summed E-state index contributed by atoms with van der Waals surface area (Å²) >= 11 is 0. The SMILES string of the molecule is CC(=O)OCC1OC(O)C(OC(C)=O)C1OS(=O)(=O)c1ccc(C)cc1. The van der Waals surface area contributed by atoms with Crippen LogP contribution in [0, 0.1) is 6.92 Å². The minimum atomic E-state index is -4.25. The molecule has 2 rings (SSSR count). The van der Waals surface area contributed by atoms with Gasteiger partial charge in [0, 0.05) is 13.8 Å². The second kappa shape index (κ2) is 8.12. The molecule has 1 aliphatic rings. The number of aliphatic hydroxyl groups is 1. The van der Waals surface area contributed by atoms with Crippen LogP contribution in [0.4, 0.5) is 0 Å². The second-order valence-electron chi connectivity index (χ2n) is 5.77. The van der Waals surface area contributed by atoms with Gasteiger partial charge in [-0.05, 0) is 19.1 Å². The van der Waals surface area contributed by atoms with E-state index >= 15 is 0 Å². The zero-order chi connectivity index (χ0) is 19.5. The Kier molecular flexibility index (Phi) is 6.34. The third-order valence-corrected chi connectivity index (χ3v) is 4.91. The highest BCUT2D eigenvalue weighted by atomic mass is 32.2. The number of aryl methyl sites for hydroxylation is 1. The monoisotopic (exact) mass is 388 g/mol. The van der Waals surface area contributed by atoms with Gasteiger partial charge in [-0.1, -0.05) is 17.7 Å². The molecule has 0 spiro atoms. The number of aliphatic hydroxyl groups excluding tert-OH is 1. The first kappa shape index (κ1) is 20.3. The topological polar surface area (TPSA) is 125 Å². The first-order valence-electron chi connectivity index (χ1n) is 7.74. The van der Waals surface area contributed by atoms with Crippen LogP contribution in [0.5, 0.6) is 0 Å². The highest BCUT2D eigenvalue weighted by Crippen LogP contribution is 2.29. The molecule has 1 aliphatic heterocycles. The quantitative estimate of drug-likeness (QED) is 0.540. The average molecular weight is 388 g/mol. The van der Waals surface area contributed by atoms with Crippen LogP contribution in [0.25, 0.3) is 0 Å². The van der Waals surface area contributed by atoms with Crippen LogP contribution >= 0.6 is 0 Å². The van der Waals surface area contributed by atoms with Gasteiger partial charge >= 0.3 is 11.9 Å². The van der Waals surface area contributed by atoms with E-state index in [1.807, 2.05) is 0 Å². The molecule has 1 aromatic rings. The van der Waals surface area contributed by atoms with Crippen molar-refractivity contribution in [2.75, 3.05) is 6.61 Å². The number of hydrogen-bond acceptors (Lipinski definition) is 9. The van der Waals surface area contributed by atoms with Crippen LogP contribution in [0.2, 0.25) is 0 Å². The summed E-state index contributed by atoms with van der Waals surface area (Å²) in [4.78, 5) is 22.1. The minimum absolute atomic E-state index is 0.114. The van der Waals surface area contributed by atoms with Crippen molar-refractivity contribution in [3.63, 3.8) is 0 Å². The highest BCUT2D eigenvalue weighted by Gasteiger charge is 2.50. The summed E-state index contributed by atoms with van der Waals surface area (Å²) in [6, 6.07) is 5.91. The molecule has 1 aromatic carbocycles. The van der Waals surface area contributed by atoms with Gasteiger partial charge in [-0.15, -0.1) is 0 Å². The van der Waals surface area contributed by atoms with Crippen molar-refractivity contribution in [3.8, 4) is 0 Å². The smallest absolute Gasteiger partial charge is 0.303 e. The summed E-state index contributed by atoms with van der Waals surface area (Å²) in [6.45, 7) is 3.67. The number of carbonyl (C=O) groups excluding carboxylic acids is 2. The van der Waals surface area contributed by atoms with Gasteiger partial charge in [0.15, 0.2) is 12.4 Å². The molecular weight excluding hydrogens is 368 g/mol. The average Bonchev–Trinajstić information content (AvgIpc) is 2.81. The van der Waals surface area contributed by atoms with Crippen molar-refractivity contribution < 1.29 is 41.5 Å². The summed E-state index contributed by atoms with van der Waals surface area (Å²) < 4.78 is 45.1. The van der Waals surface area contributed by atoms with E-state index in [4.69, 9.17) is 18.4 Å². The summed E-state index contributed by atoms with van der Waals surface area (Å²) in [5.74, 6) is -1.38. The Morgan fingerprint density at radius 1 is 1.12 bits per heavy atom. The first-order chi connectivity index (χ1) is 12.1. The predicted octanol–water partition coefficient (Wildman–Crippen LogP) is 0.281. The molecular formula is C16H20O9S. The van der Waals surface area contributed by atoms with E-state index in [0.29, 0.717) is 0 Å². The molecule has 0 aliphatic carbocycles. The van der Waals surface area contributed by atoms with Crippen molar-refractivity contribution in [2.45, 2.75) is 50.3 Å².